The molecule has 1 aromatic heterocycles. The molecular weight excluding hydrogens is 416 g/mol. The van der Waals surface area contributed by atoms with E-state index < -0.39 is 17.9 Å². The van der Waals surface area contributed by atoms with Crippen molar-refractivity contribution in [2.75, 3.05) is 6.54 Å². The maximum Gasteiger partial charge on any atom is 0.270 e. The Labute approximate surface area is 193 Å². The highest BCUT2D eigenvalue weighted by Gasteiger charge is 2.35. The third-order valence-electron chi connectivity index (χ3n) is 5.95. The first-order valence-electron chi connectivity index (χ1n) is 11.2. The number of hydrogen-bond donors (Lipinski definition) is 2. The van der Waals surface area contributed by atoms with E-state index in [0.717, 1.165) is 17.5 Å². The SMILES string of the molecule is Cc1ccc(-c2cc(C(=O)NNC(=O)C(C(C)C)N3CCCC3=O)c3ccccc3n2)cc1. The maximum absolute atomic E-state index is 13.1. The third kappa shape index (κ3) is 4.72. The number of benzene rings is 2. The van der Waals surface area contributed by atoms with Gasteiger partial charge in [0, 0.05) is 23.9 Å². The van der Waals surface area contributed by atoms with E-state index in [2.05, 4.69) is 10.9 Å². The number of amides is 3. The number of rotatable bonds is 5. The van der Waals surface area contributed by atoms with Gasteiger partial charge in [0.1, 0.15) is 6.04 Å². The summed E-state index contributed by atoms with van der Waals surface area (Å²) in [6, 6.07) is 16.4. The van der Waals surface area contributed by atoms with E-state index in [0.29, 0.717) is 35.1 Å². The van der Waals surface area contributed by atoms with Crippen molar-refractivity contribution in [3.05, 3.63) is 65.7 Å². The number of carbonyl (C=O) groups is 3. The van der Waals surface area contributed by atoms with Crippen LogP contribution in [0.2, 0.25) is 0 Å². The zero-order valence-electron chi connectivity index (χ0n) is 19.1. The number of hydrazine groups is 1. The van der Waals surface area contributed by atoms with Crippen LogP contribution < -0.4 is 10.9 Å². The van der Waals surface area contributed by atoms with Gasteiger partial charge >= 0.3 is 0 Å². The lowest BCUT2D eigenvalue weighted by Crippen LogP contribution is -2.54. The topological polar surface area (TPSA) is 91.4 Å². The largest absolute Gasteiger partial charge is 0.330 e. The van der Waals surface area contributed by atoms with Crippen LogP contribution >= 0.6 is 0 Å². The van der Waals surface area contributed by atoms with Gasteiger partial charge in [-0.2, -0.15) is 0 Å². The third-order valence-corrected chi connectivity index (χ3v) is 5.95. The lowest BCUT2D eigenvalue weighted by molar-refractivity contribution is -0.139. The first-order chi connectivity index (χ1) is 15.8. The van der Waals surface area contributed by atoms with Gasteiger partial charge in [0.25, 0.3) is 11.8 Å². The number of likely N-dealkylation sites (tertiary alicyclic amines) is 1. The maximum atomic E-state index is 13.1. The molecule has 1 aliphatic heterocycles. The second kappa shape index (κ2) is 9.40. The highest BCUT2D eigenvalue weighted by Crippen LogP contribution is 2.25. The van der Waals surface area contributed by atoms with Crippen molar-refractivity contribution in [1.82, 2.24) is 20.7 Å². The summed E-state index contributed by atoms with van der Waals surface area (Å²) < 4.78 is 0. The summed E-state index contributed by atoms with van der Waals surface area (Å²) in [4.78, 5) is 44.5. The van der Waals surface area contributed by atoms with Crippen molar-refractivity contribution in [3.63, 3.8) is 0 Å². The van der Waals surface area contributed by atoms with E-state index in [4.69, 9.17) is 4.98 Å². The highest BCUT2D eigenvalue weighted by atomic mass is 16.2. The number of nitrogens with zero attached hydrogens (tertiary/aromatic N) is 2. The van der Waals surface area contributed by atoms with Gasteiger partial charge in [-0.15, -0.1) is 0 Å². The van der Waals surface area contributed by atoms with Crippen molar-refractivity contribution in [1.29, 1.82) is 0 Å². The van der Waals surface area contributed by atoms with Crippen molar-refractivity contribution in [2.24, 2.45) is 5.92 Å². The molecule has 33 heavy (non-hydrogen) atoms. The van der Waals surface area contributed by atoms with E-state index in [1.54, 1.807) is 11.0 Å². The standard InChI is InChI=1S/C26H28N4O3/c1-16(2)24(30-14-6-9-23(30)31)26(33)29-28-25(32)20-15-22(18-12-10-17(3)11-13-18)27-21-8-5-4-7-19(20)21/h4-5,7-8,10-13,15-16,24H,6,9,14H2,1-3H3,(H,28,32)(H,29,33). The van der Waals surface area contributed by atoms with E-state index in [-0.39, 0.29) is 11.8 Å². The molecule has 3 aromatic rings. The molecule has 7 nitrogen and oxygen atoms in total. The average Bonchev–Trinajstić information content (AvgIpc) is 3.22. The normalized spacial score (nSPS) is 14.5. The van der Waals surface area contributed by atoms with Crippen molar-refractivity contribution >= 4 is 28.6 Å². The Morgan fingerprint density at radius 2 is 1.76 bits per heavy atom. The lowest BCUT2D eigenvalue weighted by atomic mass is 10.0. The Kier molecular flexibility index (Phi) is 6.40. The van der Waals surface area contributed by atoms with Crippen LogP contribution in [0.3, 0.4) is 0 Å². The Morgan fingerprint density at radius 3 is 2.42 bits per heavy atom. The first kappa shape index (κ1) is 22.5. The molecule has 0 bridgehead atoms. The fourth-order valence-corrected chi connectivity index (χ4v) is 4.26. The van der Waals surface area contributed by atoms with E-state index >= 15 is 0 Å². The number of aromatic nitrogens is 1. The molecule has 0 saturated carbocycles. The molecule has 1 aliphatic rings. The number of nitrogens with one attached hydrogen (secondary N) is 2. The lowest BCUT2D eigenvalue weighted by Gasteiger charge is -2.29. The van der Waals surface area contributed by atoms with Gasteiger partial charge < -0.3 is 4.90 Å². The number of pyridine rings is 1. The van der Waals surface area contributed by atoms with Crippen LogP contribution in [0.15, 0.2) is 54.6 Å². The molecule has 0 spiro atoms. The second-order valence-corrected chi connectivity index (χ2v) is 8.76. The average molecular weight is 445 g/mol. The zero-order chi connectivity index (χ0) is 23.5. The Bertz CT molecular complexity index is 1200. The number of fused-ring (bicyclic) bond motifs is 1. The predicted molar refractivity (Wildman–Crippen MR) is 127 cm³/mol. The second-order valence-electron chi connectivity index (χ2n) is 8.76. The molecule has 2 N–H and O–H groups in total. The predicted octanol–water partition coefficient (Wildman–Crippen LogP) is 3.62. The van der Waals surface area contributed by atoms with Gasteiger partial charge in [-0.25, -0.2) is 4.98 Å². The quantitative estimate of drug-likeness (QED) is 0.588. The first-order valence-corrected chi connectivity index (χ1v) is 11.2. The molecule has 2 aromatic carbocycles. The van der Waals surface area contributed by atoms with Crippen molar-refractivity contribution < 1.29 is 14.4 Å². The Balaban J connectivity index is 1.59. The molecule has 0 aliphatic carbocycles. The van der Waals surface area contributed by atoms with Gasteiger partial charge in [-0.3, -0.25) is 25.2 Å². The fraction of sp³-hybridized carbons (Fsp3) is 0.308. The Morgan fingerprint density at radius 1 is 1.03 bits per heavy atom. The summed E-state index contributed by atoms with van der Waals surface area (Å²) in [6.07, 6.45) is 1.19. The zero-order valence-corrected chi connectivity index (χ0v) is 19.1. The summed E-state index contributed by atoms with van der Waals surface area (Å²) in [7, 11) is 0. The molecule has 1 saturated heterocycles. The van der Waals surface area contributed by atoms with Crippen LogP contribution in [0.5, 0.6) is 0 Å². The summed E-state index contributed by atoms with van der Waals surface area (Å²) in [5.74, 6) is -0.951. The van der Waals surface area contributed by atoms with Gasteiger partial charge in [-0.05, 0) is 31.4 Å². The van der Waals surface area contributed by atoms with Gasteiger partial charge in [-0.1, -0.05) is 61.9 Å². The number of para-hydroxylation sites is 1. The summed E-state index contributed by atoms with van der Waals surface area (Å²) in [6.45, 7) is 6.35. The molecule has 0 radical (unpaired) electrons. The number of hydrogen-bond acceptors (Lipinski definition) is 4. The summed E-state index contributed by atoms with van der Waals surface area (Å²) in [5, 5.41) is 0.690. The molecule has 2 heterocycles. The molecule has 7 heteroatoms. The minimum Gasteiger partial charge on any atom is -0.330 e. The highest BCUT2D eigenvalue weighted by molar-refractivity contribution is 6.07. The minimum absolute atomic E-state index is 0.0296. The molecular formula is C26H28N4O3. The van der Waals surface area contributed by atoms with Crippen LogP contribution in [0, 0.1) is 12.8 Å². The molecule has 1 unspecified atom stereocenters. The Hall–Kier alpha value is -3.74. The molecule has 3 amide bonds. The van der Waals surface area contributed by atoms with Gasteiger partial charge in [0.05, 0.1) is 16.8 Å². The van der Waals surface area contributed by atoms with Gasteiger partial charge in [0.2, 0.25) is 5.91 Å². The molecule has 4 rings (SSSR count). The number of aryl methyl sites for hydroxylation is 1. The van der Waals surface area contributed by atoms with E-state index in [1.165, 1.54) is 0 Å². The number of carbonyl (C=O) groups excluding carboxylic acids is 3. The molecule has 170 valence electrons. The van der Waals surface area contributed by atoms with Gasteiger partial charge in [0.15, 0.2) is 0 Å². The molecule has 1 atom stereocenters. The van der Waals surface area contributed by atoms with Crippen LogP contribution in [0.1, 0.15) is 42.6 Å². The molecule has 1 fully saturated rings. The van der Waals surface area contributed by atoms with Crippen molar-refractivity contribution in [3.8, 4) is 11.3 Å². The van der Waals surface area contributed by atoms with Crippen LogP contribution in [0.25, 0.3) is 22.2 Å². The van der Waals surface area contributed by atoms with E-state index in [1.807, 2.05) is 69.3 Å². The van der Waals surface area contributed by atoms with Crippen LogP contribution in [-0.2, 0) is 9.59 Å². The minimum atomic E-state index is -0.627. The van der Waals surface area contributed by atoms with Crippen molar-refractivity contribution in [2.45, 2.75) is 39.7 Å². The van der Waals surface area contributed by atoms with E-state index in [9.17, 15) is 14.4 Å². The monoisotopic (exact) mass is 444 g/mol. The summed E-state index contributed by atoms with van der Waals surface area (Å²) in [5.41, 5.74) is 8.90. The fourth-order valence-electron chi connectivity index (χ4n) is 4.26. The van der Waals surface area contributed by atoms with Crippen LogP contribution in [-0.4, -0.2) is 40.2 Å². The smallest absolute Gasteiger partial charge is 0.270 e. The summed E-state index contributed by atoms with van der Waals surface area (Å²) >= 11 is 0. The van der Waals surface area contributed by atoms with Crippen LogP contribution in [0.4, 0.5) is 0 Å².